The Morgan fingerprint density at radius 3 is 2.64 bits per heavy atom. The fraction of sp³-hybridized carbons (Fsp3) is 0.478. The zero-order valence-electron chi connectivity index (χ0n) is 19.0. The number of carbonyl (C=O) groups is 3. The van der Waals surface area contributed by atoms with Gasteiger partial charge >= 0.3 is 6.03 Å². The Balaban J connectivity index is 1.67. The molecule has 0 saturated heterocycles. The van der Waals surface area contributed by atoms with Crippen LogP contribution in [-0.2, 0) is 21.0 Å². The van der Waals surface area contributed by atoms with E-state index in [2.05, 4.69) is 33.3 Å². The number of amides is 4. The van der Waals surface area contributed by atoms with E-state index in [1.807, 2.05) is 30.3 Å². The molecule has 180 valence electrons. The highest BCUT2D eigenvalue weighted by Crippen LogP contribution is 2.12. The number of hydrogen-bond donors (Lipinski definition) is 4. The Bertz CT molecular complexity index is 833. The molecule has 1 aromatic heterocycles. The summed E-state index contributed by atoms with van der Waals surface area (Å²) in [5.74, 6) is -0.412. The van der Waals surface area contributed by atoms with Crippen LogP contribution < -0.4 is 21.4 Å². The normalized spacial score (nSPS) is 11.4. The first kappa shape index (κ1) is 26.3. The highest BCUT2D eigenvalue weighted by molar-refractivity contribution is 7.13. The van der Waals surface area contributed by atoms with Gasteiger partial charge in [0.2, 0.25) is 11.8 Å². The molecule has 0 spiro atoms. The minimum atomic E-state index is -0.647. The van der Waals surface area contributed by atoms with Gasteiger partial charge in [0.15, 0.2) is 5.13 Å². The number of benzene rings is 1. The van der Waals surface area contributed by atoms with Crippen LogP contribution in [0, 0.1) is 0 Å². The minimum absolute atomic E-state index is 0.129. The number of thiazole rings is 1. The molecule has 1 heterocycles. The first-order chi connectivity index (χ1) is 16.1. The summed E-state index contributed by atoms with van der Waals surface area (Å²) in [4.78, 5) is 45.9. The summed E-state index contributed by atoms with van der Waals surface area (Å²) in [6.07, 6.45) is 6.58. The molecule has 1 atom stereocenters. The summed E-state index contributed by atoms with van der Waals surface area (Å²) in [5, 5.41) is 10.6. The van der Waals surface area contributed by atoms with Crippen molar-refractivity contribution < 1.29 is 19.2 Å². The number of carbonyl (C=O) groups excluding carboxylic acids is 3. The predicted octanol–water partition coefficient (Wildman–Crippen LogP) is 3.75. The molecule has 2 aromatic rings. The lowest BCUT2D eigenvalue weighted by molar-refractivity contribution is -0.126. The number of hydroxylamine groups is 1. The van der Waals surface area contributed by atoms with Crippen LogP contribution in [0.25, 0.3) is 0 Å². The maximum atomic E-state index is 12.6. The molecule has 0 radical (unpaired) electrons. The number of rotatable bonds is 15. The van der Waals surface area contributed by atoms with E-state index in [-0.39, 0.29) is 18.4 Å². The van der Waals surface area contributed by atoms with E-state index in [9.17, 15) is 14.4 Å². The van der Waals surface area contributed by atoms with Gasteiger partial charge in [-0.2, -0.15) is 0 Å². The maximum Gasteiger partial charge on any atom is 0.338 e. The number of nitrogens with zero attached hydrogens (tertiary/aromatic N) is 1. The third-order valence-corrected chi connectivity index (χ3v) is 5.46. The van der Waals surface area contributed by atoms with E-state index >= 15 is 0 Å². The second-order valence-corrected chi connectivity index (χ2v) is 8.43. The third kappa shape index (κ3) is 11.4. The lowest BCUT2D eigenvalue weighted by Crippen LogP contribution is -2.43. The standard InChI is InChI=1S/C23H33N5O4S/c1-2-3-5-13-20(29)26-19(21(30)27-23-25-15-16-33-23)12-8-9-14-24-22(31)28-32-17-18-10-6-4-7-11-18/h4,6-7,10-11,15-16,19H,2-3,5,8-9,12-14,17H2,1H3,(H,26,29)(H2,24,28,31)(H,25,27,30)/t19-/m0/s1. The van der Waals surface area contributed by atoms with E-state index in [0.29, 0.717) is 37.4 Å². The van der Waals surface area contributed by atoms with E-state index < -0.39 is 12.1 Å². The highest BCUT2D eigenvalue weighted by Gasteiger charge is 2.21. The van der Waals surface area contributed by atoms with Crippen LogP contribution in [0.5, 0.6) is 0 Å². The largest absolute Gasteiger partial charge is 0.344 e. The molecule has 0 aliphatic rings. The maximum absolute atomic E-state index is 12.6. The lowest BCUT2D eigenvalue weighted by atomic mass is 10.1. The summed E-state index contributed by atoms with van der Waals surface area (Å²) in [5.41, 5.74) is 3.30. The van der Waals surface area contributed by atoms with Crippen molar-refractivity contribution >= 4 is 34.3 Å². The van der Waals surface area contributed by atoms with Crippen molar-refractivity contribution in [2.75, 3.05) is 11.9 Å². The molecule has 0 fully saturated rings. The van der Waals surface area contributed by atoms with Gasteiger partial charge in [0, 0.05) is 24.5 Å². The molecule has 4 N–H and O–H groups in total. The van der Waals surface area contributed by atoms with Gasteiger partial charge in [-0.25, -0.2) is 15.3 Å². The van der Waals surface area contributed by atoms with Crippen LogP contribution in [-0.4, -0.2) is 35.4 Å². The fourth-order valence-electron chi connectivity index (χ4n) is 3.02. The third-order valence-electron chi connectivity index (χ3n) is 4.77. The molecule has 10 heteroatoms. The van der Waals surface area contributed by atoms with Crippen molar-refractivity contribution in [3.63, 3.8) is 0 Å². The van der Waals surface area contributed by atoms with Gasteiger partial charge < -0.3 is 16.0 Å². The zero-order valence-corrected chi connectivity index (χ0v) is 19.8. The van der Waals surface area contributed by atoms with Gasteiger partial charge in [-0.15, -0.1) is 11.3 Å². The fourth-order valence-corrected chi connectivity index (χ4v) is 3.55. The van der Waals surface area contributed by atoms with Crippen molar-refractivity contribution in [3.8, 4) is 0 Å². The first-order valence-corrected chi connectivity index (χ1v) is 12.2. The molecular formula is C23H33N5O4S. The van der Waals surface area contributed by atoms with Crippen molar-refractivity contribution in [1.82, 2.24) is 21.1 Å². The van der Waals surface area contributed by atoms with Gasteiger partial charge in [-0.3, -0.25) is 14.4 Å². The summed E-state index contributed by atoms with van der Waals surface area (Å²) >= 11 is 1.32. The van der Waals surface area contributed by atoms with Gasteiger partial charge in [-0.05, 0) is 31.2 Å². The Labute approximate surface area is 198 Å². The van der Waals surface area contributed by atoms with Crippen LogP contribution in [0.4, 0.5) is 9.93 Å². The molecule has 1 aromatic carbocycles. The first-order valence-electron chi connectivity index (χ1n) is 11.3. The molecule has 0 aliphatic heterocycles. The number of hydrogen-bond acceptors (Lipinski definition) is 6. The molecule has 0 saturated carbocycles. The number of aromatic nitrogens is 1. The minimum Gasteiger partial charge on any atom is -0.344 e. The highest BCUT2D eigenvalue weighted by atomic mass is 32.1. The Morgan fingerprint density at radius 2 is 1.91 bits per heavy atom. The topological polar surface area (TPSA) is 121 Å². The van der Waals surface area contributed by atoms with Crippen LogP contribution in [0.1, 0.15) is 57.4 Å². The van der Waals surface area contributed by atoms with E-state index in [1.165, 1.54) is 11.3 Å². The Kier molecular flexibility index (Phi) is 12.5. The quantitative estimate of drug-likeness (QED) is 0.231. The SMILES string of the molecule is CCCCCC(=O)N[C@@H](CCCCNC(=O)NOCc1ccccc1)C(=O)Nc1nccs1. The van der Waals surface area contributed by atoms with Gasteiger partial charge in [0.05, 0.1) is 6.61 Å². The lowest BCUT2D eigenvalue weighted by Gasteiger charge is -2.18. The van der Waals surface area contributed by atoms with Crippen molar-refractivity contribution in [2.24, 2.45) is 0 Å². The van der Waals surface area contributed by atoms with Gasteiger partial charge in [-0.1, -0.05) is 50.1 Å². The number of nitrogens with one attached hydrogen (secondary N) is 4. The molecule has 0 bridgehead atoms. The molecule has 33 heavy (non-hydrogen) atoms. The number of anilines is 1. The van der Waals surface area contributed by atoms with Gasteiger partial charge in [0.1, 0.15) is 6.04 Å². The zero-order chi connectivity index (χ0) is 23.7. The molecule has 4 amide bonds. The van der Waals surface area contributed by atoms with Crippen LogP contribution >= 0.6 is 11.3 Å². The van der Waals surface area contributed by atoms with Crippen molar-refractivity contribution in [1.29, 1.82) is 0 Å². The average molecular weight is 476 g/mol. The molecule has 0 aliphatic carbocycles. The van der Waals surface area contributed by atoms with Crippen LogP contribution in [0.2, 0.25) is 0 Å². The summed E-state index contributed by atoms with van der Waals surface area (Å²) in [7, 11) is 0. The van der Waals surface area contributed by atoms with Crippen LogP contribution in [0.3, 0.4) is 0 Å². The second kappa shape index (κ2) is 15.8. The molecule has 2 rings (SSSR count). The monoisotopic (exact) mass is 475 g/mol. The number of unbranched alkanes of at least 4 members (excludes halogenated alkanes) is 3. The summed E-state index contributed by atoms with van der Waals surface area (Å²) in [6.45, 7) is 2.78. The van der Waals surface area contributed by atoms with E-state index in [1.54, 1.807) is 11.6 Å². The Morgan fingerprint density at radius 1 is 1.09 bits per heavy atom. The van der Waals surface area contributed by atoms with Gasteiger partial charge in [0.25, 0.3) is 0 Å². The molecule has 9 nitrogen and oxygen atoms in total. The molecule has 0 unspecified atom stereocenters. The number of urea groups is 1. The predicted molar refractivity (Wildman–Crippen MR) is 128 cm³/mol. The summed E-state index contributed by atoms with van der Waals surface area (Å²) in [6, 6.07) is 8.45. The van der Waals surface area contributed by atoms with Crippen molar-refractivity contribution in [3.05, 3.63) is 47.5 Å². The summed E-state index contributed by atoms with van der Waals surface area (Å²) < 4.78 is 0. The Hall–Kier alpha value is -2.98. The van der Waals surface area contributed by atoms with E-state index in [4.69, 9.17) is 4.84 Å². The van der Waals surface area contributed by atoms with E-state index in [0.717, 1.165) is 24.8 Å². The second-order valence-electron chi connectivity index (χ2n) is 7.53. The van der Waals surface area contributed by atoms with Crippen molar-refractivity contribution in [2.45, 2.75) is 64.5 Å². The average Bonchev–Trinajstić information content (AvgIpc) is 3.32. The smallest absolute Gasteiger partial charge is 0.338 e. The van der Waals surface area contributed by atoms with Crippen LogP contribution in [0.15, 0.2) is 41.9 Å². The molecular weight excluding hydrogens is 442 g/mol.